The molecule has 0 aromatic heterocycles. The number of morpholine rings is 1. The summed E-state index contributed by atoms with van der Waals surface area (Å²) in [7, 11) is 1.58. The average molecular weight is 383 g/mol. The highest BCUT2D eigenvalue weighted by Gasteiger charge is 2.22. The lowest BCUT2D eigenvalue weighted by atomic mass is 10.3. The summed E-state index contributed by atoms with van der Waals surface area (Å²) in [5, 5.41) is 3.47. The number of carbonyl (C=O) groups is 1. The first kappa shape index (κ1) is 19.2. The number of urea groups is 1. The molecule has 8 heteroatoms. The molecule has 0 unspecified atom stereocenters. The second kappa shape index (κ2) is 9.41. The number of piperazine rings is 1. The van der Waals surface area contributed by atoms with E-state index >= 15 is 0 Å². The summed E-state index contributed by atoms with van der Waals surface area (Å²) in [6, 6.07) is 5.08. The van der Waals surface area contributed by atoms with Gasteiger partial charge in [0.05, 0.1) is 26.0 Å². The number of methoxy groups -OCH3 is 1. The number of hydrogen-bond donors (Lipinski definition) is 1. The van der Waals surface area contributed by atoms with E-state index in [4.69, 9.17) is 21.1 Å². The molecule has 0 saturated carbocycles. The van der Waals surface area contributed by atoms with Crippen LogP contribution in [0.2, 0.25) is 5.02 Å². The van der Waals surface area contributed by atoms with Crippen LogP contribution in [0.25, 0.3) is 0 Å². The van der Waals surface area contributed by atoms with Crippen LogP contribution in [0, 0.1) is 0 Å². The van der Waals surface area contributed by atoms with Crippen molar-refractivity contribution in [1.29, 1.82) is 0 Å². The third-order valence-electron chi connectivity index (χ3n) is 4.90. The summed E-state index contributed by atoms with van der Waals surface area (Å²) >= 11 is 6.02. The second-order valence-electron chi connectivity index (χ2n) is 6.56. The maximum absolute atomic E-state index is 12.5. The van der Waals surface area contributed by atoms with Crippen LogP contribution in [0.4, 0.5) is 10.5 Å². The van der Waals surface area contributed by atoms with Gasteiger partial charge < -0.3 is 19.7 Å². The van der Waals surface area contributed by atoms with Gasteiger partial charge in [0.15, 0.2) is 0 Å². The van der Waals surface area contributed by atoms with Crippen molar-refractivity contribution >= 4 is 23.3 Å². The van der Waals surface area contributed by atoms with Crippen LogP contribution in [0.1, 0.15) is 0 Å². The molecule has 2 amide bonds. The van der Waals surface area contributed by atoms with E-state index in [0.29, 0.717) is 16.5 Å². The summed E-state index contributed by atoms with van der Waals surface area (Å²) in [5.41, 5.74) is 0.597. The zero-order valence-electron chi connectivity index (χ0n) is 15.2. The van der Waals surface area contributed by atoms with Gasteiger partial charge in [-0.3, -0.25) is 9.80 Å². The highest BCUT2D eigenvalue weighted by molar-refractivity contribution is 6.31. The van der Waals surface area contributed by atoms with Gasteiger partial charge in [-0.25, -0.2) is 4.79 Å². The minimum atomic E-state index is -0.113. The number of nitrogens with zero attached hydrogens (tertiary/aromatic N) is 3. The van der Waals surface area contributed by atoms with Gasteiger partial charge in [0.25, 0.3) is 0 Å². The van der Waals surface area contributed by atoms with Crippen LogP contribution in [0.15, 0.2) is 18.2 Å². The molecule has 0 atom stereocenters. The van der Waals surface area contributed by atoms with Crippen molar-refractivity contribution in [3.63, 3.8) is 0 Å². The minimum absolute atomic E-state index is 0.113. The minimum Gasteiger partial charge on any atom is -0.495 e. The number of carbonyl (C=O) groups excluding carboxylic acids is 1. The van der Waals surface area contributed by atoms with Crippen LogP contribution in [-0.2, 0) is 4.74 Å². The Balaban J connectivity index is 1.44. The fraction of sp³-hybridized carbons (Fsp3) is 0.611. The molecular formula is C18H27ClN4O3. The summed E-state index contributed by atoms with van der Waals surface area (Å²) in [6.45, 7) is 9.03. The Morgan fingerprint density at radius 3 is 2.42 bits per heavy atom. The van der Waals surface area contributed by atoms with Gasteiger partial charge in [0.2, 0.25) is 0 Å². The van der Waals surface area contributed by atoms with Crippen molar-refractivity contribution in [3.05, 3.63) is 23.2 Å². The largest absolute Gasteiger partial charge is 0.495 e. The molecule has 2 aliphatic rings. The third-order valence-corrected chi connectivity index (χ3v) is 5.13. The van der Waals surface area contributed by atoms with E-state index in [1.165, 1.54) is 0 Å². The van der Waals surface area contributed by atoms with E-state index in [1.54, 1.807) is 25.3 Å². The van der Waals surface area contributed by atoms with E-state index in [0.717, 1.165) is 65.6 Å². The molecule has 1 N–H and O–H groups in total. The number of anilines is 1. The van der Waals surface area contributed by atoms with Crippen molar-refractivity contribution in [2.45, 2.75) is 0 Å². The molecule has 144 valence electrons. The molecule has 0 bridgehead atoms. The molecule has 2 fully saturated rings. The first-order chi connectivity index (χ1) is 12.7. The Labute approximate surface area is 159 Å². The molecule has 1 aromatic rings. The topological polar surface area (TPSA) is 57.3 Å². The summed E-state index contributed by atoms with van der Waals surface area (Å²) in [4.78, 5) is 19.2. The van der Waals surface area contributed by atoms with Gasteiger partial charge >= 0.3 is 6.03 Å². The Bertz CT molecular complexity index is 602. The van der Waals surface area contributed by atoms with Gasteiger partial charge in [-0.15, -0.1) is 0 Å². The Hall–Kier alpha value is -1.54. The average Bonchev–Trinajstić information content (AvgIpc) is 2.68. The predicted molar refractivity (Wildman–Crippen MR) is 102 cm³/mol. The lowest BCUT2D eigenvalue weighted by Gasteiger charge is -2.36. The quantitative estimate of drug-likeness (QED) is 0.842. The van der Waals surface area contributed by atoms with Gasteiger partial charge in [-0.1, -0.05) is 11.6 Å². The molecule has 1 aromatic carbocycles. The van der Waals surface area contributed by atoms with Crippen LogP contribution in [-0.4, -0.2) is 93.4 Å². The number of nitrogens with one attached hydrogen (secondary N) is 1. The lowest BCUT2D eigenvalue weighted by molar-refractivity contribution is 0.0311. The highest BCUT2D eigenvalue weighted by Crippen LogP contribution is 2.28. The molecule has 0 radical (unpaired) electrons. The monoisotopic (exact) mass is 382 g/mol. The zero-order valence-corrected chi connectivity index (χ0v) is 16.0. The lowest BCUT2D eigenvalue weighted by Crippen LogP contribution is -2.51. The second-order valence-corrected chi connectivity index (χ2v) is 6.99. The number of halogens is 1. The van der Waals surface area contributed by atoms with E-state index < -0.39 is 0 Å². The van der Waals surface area contributed by atoms with Crippen molar-refractivity contribution < 1.29 is 14.3 Å². The molecular weight excluding hydrogens is 356 g/mol. The maximum atomic E-state index is 12.5. The first-order valence-corrected chi connectivity index (χ1v) is 9.45. The first-order valence-electron chi connectivity index (χ1n) is 9.07. The fourth-order valence-corrected chi connectivity index (χ4v) is 3.43. The van der Waals surface area contributed by atoms with Crippen LogP contribution < -0.4 is 10.1 Å². The molecule has 26 heavy (non-hydrogen) atoms. The third kappa shape index (κ3) is 5.23. The summed E-state index contributed by atoms with van der Waals surface area (Å²) in [6.07, 6.45) is 0. The number of ether oxygens (including phenoxy) is 2. The maximum Gasteiger partial charge on any atom is 0.322 e. The van der Waals surface area contributed by atoms with Crippen molar-refractivity contribution in [2.24, 2.45) is 0 Å². The number of rotatable bonds is 5. The molecule has 0 aliphatic carbocycles. The van der Waals surface area contributed by atoms with E-state index in [9.17, 15) is 4.79 Å². The van der Waals surface area contributed by atoms with Crippen LogP contribution in [0.3, 0.4) is 0 Å². The molecule has 2 heterocycles. The van der Waals surface area contributed by atoms with Crippen molar-refractivity contribution in [2.75, 3.05) is 78.0 Å². The fourth-order valence-electron chi connectivity index (χ4n) is 3.25. The standard InChI is InChI=1S/C18H27ClN4O3/c1-25-17-3-2-15(19)14-16(17)20-18(24)23-8-6-21(7-9-23)4-5-22-10-12-26-13-11-22/h2-3,14H,4-13H2,1H3,(H,20,24). The van der Waals surface area contributed by atoms with Crippen molar-refractivity contribution in [3.8, 4) is 5.75 Å². The van der Waals surface area contributed by atoms with E-state index in [2.05, 4.69) is 15.1 Å². The molecule has 2 saturated heterocycles. The molecule has 7 nitrogen and oxygen atoms in total. The van der Waals surface area contributed by atoms with Gasteiger partial charge in [-0.05, 0) is 18.2 Å². The normalized spacial score (nSPS) is 19.4. The highest BCUT2D eigenvalue weighted by atomic mass is 35.5. The Kier molecular flexibility index (Phi) is 6.96. The Morgan fingerprint density at radius 1 is 1.12 bits per heavy atom. The SMILES string of the molecule is COc1ccc(Cl)cc1NC(=O)N1CCN(CCN2CCOCC2)CC1. The Morgan fingerprint density at radius 2 is 1.77 bits per heavy atom. The number of amides is 2. The summed E-state index contributed by atoms with van der Waals surface area (Å²) < 4.78 is 10.7. The van der Waals surface area contributed by atoms with Crippen LogP contribution in [0.5, 0.6) is 5.75 Å². The van der Waals surface area contributed by atoms with Crippen molar-refractivity contribution in [1.82, 2.24) is 14.7 Å². The van der Waals surface area contributed by atoms with Gasteiger partial charge in [0, 0.05) is 57.4 Å². The zero-order chi connectivity index (χ0) is 18.4. The smallest absolute Gasteiger partial charge is 0.322 e. The van der Waals surface area contributed by atoms with Gasteiger partial charge in [0.1, 0.15) is 5.75 Å². The molecule has 3 rings (SSSR count). The van der Waals surface area contributed by atoms with Gasteiger partial charge in [-0.2, -0.15) is 0 Å². The van der Waals surface area contributed by atoms with E-state index in [1.807, 2.05) is 4.90 Å². The predicted octanol–water partition coefficient (Wildman–Crippen LogP) is 1.83. The number of benzene rings is 1. The summed E-state index contributed by atoms with van der Waals surface area (Å²) in [5.74, 6) is 0.604. The number of hydrogen-bond acceptors (Lipinski definition) is 5. The van der Waals surface area contributed by atoms with E-state index in [-0.39, 0.29) is 6.03 Å². The molecule has 0 spiro atoms. The van der Waals surface area contributed by atoms with Crippen LogP contribution >= 0.6 is 11.6 Å². The molecule has 2 aliphatic heterocycles.